The van der Waals surface area contributed by atoms with Crippen LogP contribution in [0.4, 0.5) is 4.79 Å². The van der Waals surface area contributed by atoms with E-state index in [2.05, 4.69) is 51.7 Å². The lowest BCUT2D eigenvalue weighted by Gasteiger charge is -2.35. The molecule has 0 aliphatic carbocycles. The van der Waals surface area contributed by atoms with E-state index in [1.165, 1.54) is 5.56 Å². The molecule has 0 bridgehead atoms. The van der Waals surface area contributed by atoms with Gasteiger partial charge in [0, 0.05) is 51.8 Å². The van der Waals surface area contributed by atoms with Crippen molar-refractivity contribution in [3.8, 4) is 0 Å². The van der Waals surface area contributed by atoms with Gasteiger partial charge in [0.2, 0.25) is 0 Å². The van der Waals surface area contributed by atoms with Crippen LogP contribution in [0, 0.1) is 5.92 Å². The summed E-state index contributed by atoms with van der Waals surface area (Å²) in [4.78, 5) is 17.7. The van der Waals surface area contributed by atoms with Gasteiger partial charge in [0.15, 0.2) is 0 Å². The van der Waals surface area contributed by atoms with Crippen LogP contribution in [0.5, 0.6) is 0 Å². The third-order valence-corrected chi connectivity index (χ3v) is 6.64. The van der Waals surface area contributed by atoms with Gasteiger partial charge in [-0.3, -0.25) is 4.90 Å². The lowest BCUT2D eigenvalue weighted by Crippen LogP contribution is -2.49. The summed E-state index contributed by atoms with van der Waals surface area (Å²) in [5, 5.41) is 6.38. The smallest absolute Gasteiger partial charge is 0.315 e. The van der Waals surface area contributed by atoms with Gasteiger partial charge >= 0.3 is 6.03 Å². The van der Waals surface area contributed by atoms with Crippen LogP contribution < -0.4 is 10.6 Å². The monoisotopic (exact) mass is 436 g/mol. The fraction of sp³-hybridized carbons (Fsp3) is 0.500. The van der Waals surface area contributed by atoms with Crippen molar-refractivity contribution in [2.45, 2.75) is 25.0 Å². The summed E-state index contributed by atoms with van der Waals surface area (Å²) in [6.07, 6.45) is 2.14. The van der Waals surface area contributed by atoms with Crippen molar-refractivity contribution in [3.05, 3.63) is 71.8 Å². The fourth-order valence-corrected chi connectivity index (χ4v) is 4.70. The zero-order valence-corrected chi connectivity index (χ0v) is 19.1. The van der Waals surface area contributed by atoms with Crippen LogP contribution in [0.3, 0.4) is 0 Å². The summed E-state index contributed by atoms with van der Waals surface area (Å²) in [7, 11) is 2.16. The van der Waals surface area contributed by atoms with Gasteiger partial charge in [-0.1, -0.05) is 60.7 Å². The molecule has 6 heteroatoms. The molecule has 4 rings (SSSR count). The zero-order valence-electron chi connectivity index (χ0n) is 19.1. The number of piperazine rings is 1. The molecule has 32 heavy (non-hydrogen) atoms. The van der Waals surface area contributed by atoms with Gasteiger partial charge in [0.25, 0.3) is 0 Å². The molecule has 2 aliphatic rings. The van der Waals surface area contributed by atoms with E-state index in [1.807, 2.05) is 36.4 Å². The molecule has 3 unspecified atom stereocenters. The van der Waals surface area contributed by atoms with Crippen LogP contribution in [0.2, 0.25) is 0 Å². The predicted molar refractivity (Wildman–Crippen MR) is 128 cm³/mol. The topological polar surface area (TPSA) is 56.8 Å². The first-order valence-corrected chi connectivity index (χ1v) is 11.9. The van der Waals surface area contributed by atoms with Gasteiger partial charge in [0.05, 0.1) is 12.1 Å². The molecule has 2 aromatic rings. The van der Waals surface area contributed by atoms with Crippen LogP contribution in [0.15, 0.2) is 60.7 Å². The second kappa shape index (κ2) is 11.5. The van der Waals surface area contributed by atoms with Crippen LogP contribution >= 0.6 is 0 Å². The van der Waals surface area contributed by atoms with E-state index in [0.29, 0.717) is 6.54 Å². The van der Waals surface area contributed by atoms with Crippen molar-refractivity contribution in [1.29, 1.82) is 0 Å². The van der Waals surface area contributed by atoms with Gasteiger partial charge in [-0.15, -0.1) is 0 Å². The SMILES string of the molecule is CN1CCN(CC(NC(=O)NCC2CCCOC2c2ccccc2)c2ccccc2)CC1. The van der Waals surface area contributed by atoms with Gasteiger partial charge in [-0.25, -0.2) is 4.79 Å². The normalized spacial score (nSPS) is 23.4. The Kier molecular flexibility index (Phi) is 8.15. The Morgan fingerprint density at radius 2 is 1.72 bits per heavy atom. The lowest BCUT2D eigenvalue weighted by molar-refractivity contribution is -0.0269. The van der Waals surface area contributed by atoms with E-state index in [-0.39, 0.29) is 24.1 Å². The highest BCUT2D eigenvalue weighted by molar-refractivity contribution is 5.74. The number of likely N-dealkylation sites (N-methyl/N-ethyl adjacent to an activating group) is 1. The van der Waals surface area contributed by atoms with E-state index >= 15 is 0 Å². The van der Waals surface area contributed by atoms with E-state index in [0.717, 1.165) is 57.7 Å². The van der Waals surface area contributed by atoms with Gasteiger partial charge in [-0.2, -0.15) is 0 Å². The minimum atomic E-state index is -0.106. The van der Waals surface area contributed by atoms with Crippen molar-refractivity contribution in [1.82, 2.24) is 20.4 Å². The molecule has 2 aliphatic heterocycles. The molecule has 2 fully saturated rings. The largest absolute Gasteiger partial charge is 0.373 e. The Bertz CT molecular complexity index is 824. The number of benzene rings is 2. The maximum atomic E-state index is 12.9. The number of hydrogen-bond acceptors (Lipinski definition) is 4. The molecule has 3 atom stereocenters. The first kappa shape index (κ1) is 22.8. The number of rotatable bonds is 7. The highest BCUT2D eigenvalue weighted by Gasteiger charge is 2.28. The Hall–Kier alpha value is -2.41. The maximum absolute atomic E-state index is 12.9. The molecule has 2 saturated heterocycles. The summed E-state index contributed by atoms with van der Waals surface area (Å²) in [6, 6.07) is 20.5. The maximum Gasteiger partial charge on any atom is 0.315 e. The van der Waals surface area contributed by atoms with Crippen molar-refractivity contribution in [2.24, 2.45) is 5.92 Å². The second-order valence-electron chi connectivity index (χ2n) is 9.03. The van der Waals surface area contributed by atoms with Gasteiger partial charge < -0.3 is 20.3 Å². The number of carbonyl (C=O) groups is 1. The molecular formula is C26H36N4O2. The Balaban J connectivity index is 1.35. The van der Waals surface area contributed by atoms with E-state index in [1.54, 1.807) is 0 Å². The van der Waals surface area contributed by atoms with Crippen molar-refractivity contribution < 1.29 is 9.53 Å². The summed E-state index contributed by atoms with van der Waals surface area (Å²) in [5.41, 5.74) is 2.33. The quantitative estimate of drug-likeness (QED) is 0.698. The number of hydrogen-bond donors (Lipinski definition) is 2. The zero-order chi connectivity index (χ0) is 22.2. The average Bonchev–Trinajstić information content (AvgIpc) is 2.85. The van der Waals surface area contributed by atoms with E-state index in [4.69, 9.17) is 4.74 Å². The minimum Gasteiger partial charge on any atom is -0.373 e. The van der Waals surface area contributed by atoms with E-state index in [9.17, 15) is 4.79 Å². The molecule has 0 saturated carbocycles. The lowest BCUT2D eigenvalue weighted by atomic mass is 9.89. The molecule has 0 radical (unpaired) electrons. The van der Waals surface area contributed by atoms with Crippen LogP contribution in [-0.4, -0.2) is 68.8 Å². The highest BCUT2D eigenvalue weighted by atomic mass is 16.5. The van der Waals surface area contributed by atoms with Crippen LogP contribution in [0.1, 0.15) is 36.1 Å². The number of nitrogens with zero attached hydrogens (tertiary/aromatic N) is 2. The molecule has 2 heterocycles. The summed E-state index contributed by atoms with van der Waals surface area (Å²) < 4.78 is 6.09. The summed E-state index contributed by atoms with van der Waals surface area (Å²) >= 11 is 0. The van der Waals surface area contributed by atoms with Crippen LogP contribution in [-0.2, 0) is 4.74 Å². The Morgan fingerprint density at radius 3 is 2.44 bits per heavy atom. The molecule has 0 spiro atoms. The van der Waals surface area contributed by atoms with Gasteiger partial charge in [0.1, 0.15) is 0 Å². The molecule has 2 N–H and O–H groups in total. The third-order valence-electron chi connectivity index (χ3n) is 6.64. The van der Waals surface area contributed by atoms with Gasteiger partial charge in [-0.05, 0) is 31.0 Å². The second-order valence-corrected chi connectivity index (χ2v) is 9.03. The fourth-order valence-electron chi connectivity index (χ4n) is 4.70. The number of urea groups is 1. The summed E-state index contributed by atoms with van der Waals surface area (Å²) in [5.74, 6) is 0.282. The number of carbonyl (C=O) groups excluding carboxylic acids is 1. The van der Waals surface area contributed by atoms with Crippen LogP contribution in [0.25, 0.3) is 0 Å². The number of ether oxygens (including phenoxy) is 1. The Labute approximate surface area is 191 Å². The Morgan fingerprint density at radius 1 is 1.03 bits per heavy atom. The highest BCUT2D eigenvalue weighted by Crippen LogP contribution is 2.33. The molecule has 2 aromatic carbocycles. The van der Waals surface area contributed by atoms with Crippen molar-refractivity contribution >= 4 is 6.03 Å². The van der Waals surface area contributed by atoms with E-state index < -0.39 is 0 Å². The predicted octanol–water partition coefficient (Wildman–Crippen LogP) is 3.44. The standard InChI is InChI=1S/C26H36N4O2/c1-29-14-16-30(17-15-29)20-24(21-9-4-2-5-10-21)28-26(31)27-19-23-13-8-18-32-25(23)22-11-6-3-7-12-22/h2-7,9-12,23-25H,8,13-20H2,1H3,(H2,27,28,31). The van der Waals surface area contributed by atoms with Crippen molar-refractivity contribution in [2.75, 3.05) is 52.9 Å². The minimum absolute atomic E-state index is 0.0351. The molecule has 2 amide bonds. The molecule has 6 nitrogen and oxygen atoms in total. The number of nitrogens with one attached hydrogen (secondary N) is 2. The number of amides is 2. The first-order valence-electron chi connectivity index (χ1n) is 11.9. The van der Waals surface area contributed by atoms with Crippen molar-refractivity contribution in [3.63, 3.8) is 0 Å². The molecule has 172 valence electrons. The molecular weight excluding hydrogens is 400 g/mol. The summed E-state index contributed by atoms with van der Waals surface area (Å²) in [6.45, 7) is 6.41. The molecule has 0 aromatic heterocycles. The third kappa shape index (κ3) is 6.31. The average molecular weight is 437 g/mol. The first-order chi connectivity index (χ1) is 15.7.